The molecule has 0 spiro atoms. The quantitative estimate of drug-likeness (QED) is 0.523. The van der Waals surface area contributed by atoms with E-state index < -0.39 is 11.7 Å². The first-order chi connectivity index (χ1) is 15.4. The fraction of sp³-hybridized carbons (Fsp3) is 0.381. The lowest BCUT2D eigenvalue weighted by Crippen LogP contribution is -2.26. The van der Waals surface area contributed by atoms with E-state index in [1.165, 1.54) is 18.7 Å². The number of aromatic nitrogens is 5. The molecular formula is C21H21F3N8. The Bertz CT molecular complexity index is 1080. The smallest absolute Gasteiger partial charge is 0.381 e. The Kier molecular flexibility index (Phi) is 6.20. The van der Waals surface area contributed by atoms with Gasteiger partial charge in [-0.25, -0.2) is 9.97 Å². The fourth-order valence-electron chi connectivity index (χ4n) is 3.93. The van der Waals surface area contributed by atoms with Gasteiger partial charge < -0.3 is 10.6 Å². The number of H-pyrrole nitrogens is 1. The number of rotatable bonds is 6. The van der Waals surface area contributed by atoms with Gasteiger partial charge in [-0.1, -0.05) is 0 Å². The SMILES string of the molecule is N#Cc1cnc(NCc2cnccc2C(F)(F)F)cc1NC1CCC(c2ncn[nH]2)CC1. The number of halogens is 3. The zero-order chi connectivity index (χ0) is 22.6. The van der Waals surface area contributed by atoms with Crippen molar-refractivity contribution in [2.24, 2.45) is 0 Å². The molecule has 0 amide bonds. The molecule has 1 aliphatic carbocycles. The van der Waals surface area contributed by atoms with Crippen LogP contribution in [0.2, 0.25) is 0 Å². The van der Waals surface area contributed by atoms with Crippen LogP contribution >= 0.6 is 0 Å². The highest BCUT2D eigenvalue weighted by Crippen LogP contribution is 2.34. The summed E-state index contributed by atoms with van der Waals surface area (Å²) in [6.07, 6.45) is 4.43. The molecule has 11 heteroatoms. The molecule has 0 radical (unpaired) electrons. The molecule has 1 aliphatic rings. The summed E-state index contributed by atoms with van der Waals surface area (Å²) < 4.78 is 39.6. The second kappa shape index (κ2) is 9.21. The average molecular weight is 442 g/mol. The number of nitriles is 1. The standard InChI is InChI=1S/C21H21F3N8/c22-21(23,24)17-5-6-26-9-15(17)11-28-19-7-18(14(8-25)10-27-19)31-16-3-1-13(2-4-16)20-29-12-30-32-20/h5-7,9-10,12-13,16H,1-4,11H2,(H2,27,28,31)(H,29,30,32). The minimum Gasteiger partial charge on any atom is -0.381 e. The van der Waals surface area contributed by atoms with E-state index >= 15 is 0 Å². The number of aromatic amines is 1. The van der Waals surface area contributed by atoms with Crippen LogP contribution in [0, 0.1) is 11.3 Å². The predicted molar refractivity (Wildman–Crippen MR) is 111 cm³/mol. The van der Waals surface area contributed by atoms with E-state index in [1.54, 1.807) is 6.07 Å². The van der Waals surface area contributed by atoms with Crippen LogP contribution in [-0.2, 0) is 12.7 Å². The Labute approximate surface area is 182 Å². The van der Waals surface area contributed by atoms with Crippen molar-refractivity contribution in [2.45, 2.75) is 50.4 Å². The fourth-order valence-corrected chi connectivity index (χ4v) is 3.93. The van der Waals surface area contributed by atoms with Crippen molar-refractivity contribution in [3.63, 3.8) is 0 Å². The second-order valence-corrected chi connectivity index (χ2v) is 7.67. The molecule has 4 rings (SSSR count). The van der Waals surface area contributed by atoms with E-state index in [0.717, 1.165) is 43.8 Å². The molecule has 3 heterocycles. The molecule has 1 fully saturated rings. The maximum Gasteiger partial charge on any atom is 0.416 e. The van der Waals surface area contributed by atoms with Gasteiger partial charge in [-0.05, 0) is 31.7 Å². The lowest BCUT2D eigenvalue weighted by molar-refractivity contribution is -0.138. The van der Waals surface area contributed by atoms with Crippen LogP contribution in [0.5, 0.6) is 0 Å². The Morgan fingerprint density at radius 2 is 1.97 bits per heavy atom. The lowest BCUT2D eigenvalue weighted by Gasteiger charge is -2.29. The third kappa shape index (κ3) is 4.96. The van der Waals surface area contributed by atoms with Gasteiger partial charge in [0.1, 0.15) is 24.0 Å². The van der Waals surface area contributed by atoms with Gasteiger partial charge >= 0.3 is 6.18 Å². The molecule has 0 atom stereocenters. The number of anilines is 2. The van der Waals surface area contributed by atoms with Crippen molar-refractivity contribution in [3.05, 3.63) is 59.6 Å². The van der Waals surface area contributed by atoms with E-state index in [0.29, 0.717) is 23.0 Å². The van der Waals surface area contributed by atoms with E-state index in [1.807, 2.05) is 0 Å². The third-order valence-corrected chi connectivity index (χ3v) is 5.60. The predicted octanol–water partition coefficient (Wildman–Crippen LogP) is 4.24. The minimum atomic E-state index is -4.46. The average Bonchev–Trinajstić information content (AvgIpc) is 3.33. The van der Waals surface area contributed by atoms with Crippen LogP contribution in [0.1, 0.15) is 54.1 Å². The Hall–Kier alpha value is -3.68. The molecule has 0 aromatic carbocycles. The maximum atomic E-state index is 13.2. The van der Waals surface area contributed by atoms with E-state index in [2.05, 4.69) is 41.9 Å². The Morgan fingerprint density at radius 3 is 2.66 bits per heavy atom. The summed E-state index contributed by atoms with van der Waals surface area (Å²) in [7, 11) is 0. The van der Waals surface area contributed by atoms with Crippen molar-refractivity contribution in [1.82, 2.24) is 25.1 Å². The maximum absolute atomic E-state index is 13.2. The van der Waals surface area contributed by atoms with Crippen LogP contribution in [0.4, 0.5) is 24.7 Å². The lowest BCUT2D eigenvalue weighted by atomic mass is 9.85. The number of pyridine rings is 2. The second-order valence-electron chi connectivity index (χ2n) is 7.67. The van der Waals surface area contributed by atoms with E-state index in [4.69, 9.17) is 0 Å². The topological polar surface area (TPSA) is 115 Å². The zero-order valence-electron chi connectivity index (χ0n) is 17.0. The first-order valence-corrected chi connectivity index (χ1v) is 10.2. The summed E-state index contributed by atoms with van der Waals surface area (Å²) in [6, 6.07) is 4.89. The first-order valence-electron chi connectivity index (χ1n) is 10.2. The molecule has 8 nitrogen and oxygen atoms in total. The molecule has 1 saturated carbocycles. The normalized spacial score (nSPS) is 18.7. The summed E-state index contributed by atoms with van der Waals surface area (Å²) in [6.45, 7) is -0.0939. The summed E-state index contributed by atoms with van der Waals surface area (Å²) in [5.41, 5.74) is 0.266. The van der Waals surface area contributed by atoms with Crippen LogP contribution in [0.25, 0.3) is 0 Å². The van der Waals surface area contributed by atoms with E-state index in [9.17, 15) is 18.4 Å². The molecule has 3 aromatic rings. The molecule has 0 aliphatic heterocycles. The molecule has 0 unspecified atom stereocenters. The summed E-state index contributed by atoms with van der Waals surface area (Å²) >= 11 is 0. The summed E-state index contributed by atoms with van der Waals surface area (Å²) in [4.78, 5) is 12.2. The third-order valence-electron chi connectivity index (χ3n) is 5.60. The molecule has 0 saturated heterocycles. The van der Waals surface area contributed by atoms with Crippen molar-refractivity contribution >= 4 is 11.5 Å². The van der Waals surface area contributed by atoms with Crippen molar-refractivity contribution < 1.29 is 13.2 Å². The van der Waals surface area contributed by atoms with Gasteiger partial charge in [0, 0.05) is 48.7 Å². The zero-order valence-corrected chi connectivity index (χ0v) is 17.0. The number of nitrogens with one attached hydrogen (secondary N) is 3. The Morgan fingerprint density at radius 1 is 1.16 bits per heavy atom. The molecule has 3 aromatic heterocycles. The van der Waals surface area contributed by atoms with Crippen molar-refractivity contribution in [1.29, 1.82) is 5.26 Å². The van der Waals surface area contributed by atoms with Gasteiger partial charge in [0.05, 0.1) is 16.8 Å². The van der Waals surface area contributed by atoms with E-state index in [-0.39, 0.29) is 18.2 Å². The Balaban J connectivity index is 1.42. The number of nitrogens with zero attached hydrogens (tertiary/aromatic N) is 5. The van der Waals surface area contributed by atoms with Gasteiger partial charge in [-0.3, -0.25) is 10.1 Å². The highest BCUT2D eigenvalue weighted by molar-refractivity contribution is 5.62. The van der Waals surface area contributed by atoms with Gasteiger partial charge in [0.15, 0.2) is 0 Å². The highest BCUT2D eigenvalue weighted by Gasteiger charge is 2.33. The largest absolute Gasteiger partial charge is 0.416 e. The number of hydrogen-bond acceptors (Lipinski definition) is 7. The van der Waals surface area contributed by atoms with Crippen molar-refractivity contribution in [3.8, 4) is 6.07 Å². The minimum absolute atomic E-state index is 0.0198. The summed E-state index contributed by atoms with van der Waals surface area (Å²) in [5, 5.41) is 22.6. The van der Waals surface area contributed by atoms with Crippen LogP contribution in [0.3, 0.4) is 0 Å². The summed E-state index contributed by atoms with van der Waals surface area (Å²) in [5.74, 6) is 1.60. The van der Waals surface area contributed by atoms with Gasteiger partial charge in [-0.2, -0.15) is 23.5 Å². The number of hydrogen-bond donors (Lipinski definition) is 3. The number of alkyl halides is 3. The molecular weight excluding hydrogens is 421 g/mol. The molecule has 3 N–H and O–H groups in total. The first kappa shape index (κ1) is 21.5. The molecule has 166 valence electrons. The van der Waals surface area contributed by atoms with Crippen molar-refractivity contribution in [2.75, 3.05) is 10.6 Å². The monoisotopic (exact) mass is 442 g/mol. The van der Waals surface area contributed by atoms with Gasteiger partial charge in [-0.15, -0.1) is 0 Å². The van der Waals surface area contributed by atoms with Crippen LogP contribution in [-0.4, -0.2) is 31.2 Å². The van der Waals surface area contributed by atoms with Crippen LogP contribution < -0.4 is 10.6 Å². The molecule has 0 bridgehead atoms. The van der Waals surface area contributed by atoms with Crippen LogP contribution in [0.15, 0.2) is 37.1 Å². The van der Waals surface area contributed by atoms with Gasteiger partial charge in [0.25, 0.3) is 0 Å². The van der Waals surface area contributed by atoms with Gasteiger partial charge in [0.2, 0.25) is 0 Å². The highest BCUT2D eigenvalue weighted by atomic mass is 19.4. The molecule has 32 heavy (non-hydrogen) atoms.